The molecule has 0 radical (unpaired) electrons. The quantitative estimate of drug-likeness (QED) is 0.263. The number of halogens is 5. The van der Waals surface area contributed by atoms with Crippen LogP contribution in [0.5, 0.6) is 5.75 Å². The first-order valence-electron chi connectivity index (χ1n) is 13.7. The molecule has 5 nitrogen and oxygen atoms in total. The van der Waals surface area contributed by atoms with Gasteiger partial charge in [-0.1, -0.05) is 54.6 Å². The Kier molecular flexibility index (Phi) is 10.0. The number of β-amino-alcohol motifs (C(OH)–C–C–N with tert-alkyl or cyclic N) is 1. The van der Waals surface area contributed by atoms with E-state index in [-0.39, 0.29) is 49.9 Å². The number of ether oxygens (including phenoxy) is 1. The topological polar surface area (TPSA) is 48.8 Å². The molecule has 2 aliphatic carbocycles. The van der Waals surface area contributed by atoms with Gasteiger partial charge in [-0.15, -0.1) is 37.2 Å². The van der Waals surface area contributed by atoms with Crippen LogP contribution in [0.25, 0.3) is 10.9 Å². The van der Waals surface area contributed by atoms with Crippen LogP contribution < -0.4 is 4.74 Å². The Bertz CT molecular complexity index is 1460. The normalized spacial score (nSPS) is 23.0. The van der Waals surface area contributed by atoms with Crippen molar-refractivity contribution in [3.8, 4) is 5.75 Å². The SMILES string of the molecule is Cl.Cl.Cl.OC(COc1cccc2ncccc12)CN1CCN(C2c3ccccc3C3[C@H](c4ccccc42)C3(F)F)CC1. The number of benzene rings is 3. The average Bonchev–Trinajstić information content (AvgIpc) is 3.58. The monoisotopic (exact) mass is 635 g/mol. The van der Waals surface area contributed by atoms with Crippen molar-refractivity contribution < 1.29 is 18.6 Å². The zero-order valence-electron chi connectivity index (χ0n) is 22.8. The summed E-state index contributed by atoms with van der Waals surface area (Å²) in [6, 6.07) is 25.1. The average molecular weight is 637 g/mol. The first-order chi connectivity index (χ1) is 19.0. The van der Waals surface area contributed by atoms with Gasteiger partial charge in [-0.25, -0.2) is 8.78 Å². The highest BCUT2D eigenvalue weighted by Gasteiger charge is 2.71. The molecule has 2 heterocycles. The predicted octanol–water partition coefficient (Wildman–Crippen LogP) is 6.48. The number of pyridine rings is 1. The number of fused-ring (bicyclic) bond motifs is 6. The van der Waals surface area contributed by atoms with E-state index in [1.165, 1.54) is 0 Å². The van der Waals surface area contributed by atoms with Gasteiger partial charge >= 0.3 is 0 Å². The highest BCUT2D eigenvalue weighted by Crippen LogP contribution is 2.70. The van der Waals surface area contributed by atoms with Gasteiger partial charge in [0.05, 0.1) is 23.4 Å². The van der Waals surface area contributed by atoms with E-state index in [0.717, 1.165) is 65.1 Å². The number of rotatable bonds is 6. The van der Waals surface area contributed by atoms with E-state index < -0.39 is 23.9 Å². The molecule has 7 rings (SSSR count). The van der Waals surface area contributed by atoms with Gasteiger partial charge < -0.3 is 9.84 Å². The van der Waals surface area contributed by atoms with Crippen LogP contribution in [0.4, 0.5) is 8.78 Å². The molecule has 0 amide bonds. The Labute approximate surface area is 263 Å². The number of nitrogens with zero attached hydrogens (tertiary/aromatic N) is 3. The van der Waals surface area contributed by atoms with Crippen molar-refractivity contribution in [1.82, 2.24) is 14.8 Å². The maximum atomic E-state index is 15.0. The highest BCUT2D eigenvalue weighted by molar-refractivity contribution is 5.86. The molecule has 10 heteroatoms. The van der Waals surface area contributed by atoms with Crippen LogP contribution in [0, 0.1) is 0 Å². The minimum Gasteiger partial charge on any atom is -0.490 e. The highest BCUT2D eigenvalue weighted by atomic mass is 35.5. The summed E-state index contributed by atoms with van der Waals surface area (Å²) in [5, 5.41) is 11.7. The lowest BCUT2D eigenvalue weighted by Gasteiger charge is -2.41. The second-order valence-corrected chi connectivity index (χ2v) is 10.9. The summed E-state index contributed by atoms with van der Waals surface area (Å²) in [4.78, 5) is 9.04. The van der Waals surface area contributed by atoms with Crippen LogP contribution >= 0.6 is 37.2 Å². The van der Waals surface area contributed by atoms with Crippen molar-refractivity contribution in [3.63, 3.8) is 0 Å². The third-order valence-electron chi connectivity index (χ3n) is 8.58. The van der Waals surface area contributed by atoms with Crippen molar-refractivity contribution >= 4 is 48.1 Å². The molecule has 1 aromatic heterocycles. The van der Waals surface area contributed by atoms with Crippen molar-refractivity contribution in [2.45, 2.75) is 29.9 Å². The summed E-state index contributed by atoms with van der Waals surface area (Å²) in [6.07, 6.45) is 1.13. The molecule has 224 valence electrons. The van der Waals surface area contributed by atoms with Crippen molar-refractivity contribution in [1.29, 1.82) is 0 Å². The Hall–Kier alpha value is -2.52. The van der Waals surface area contributed by atoms with Crippen LogP contribution in [0.15, 0.2) is 85.1 Å². The number of hydrogen-bond donors (Lipinski definition) is 1. The molecule has 1 N–H and O–H groups in total. The molecule has 1 aliphatic heterocycles. The second-order valence-electron chi connectivity index (χ2n) is 10.9. The lowest BCUT2D eigenvalue weighted by atomic mass is 9.90. The maximum Gasteiger partial charge on any atom is 0.263 e. The van der Waals surface area contributed by atoms with Gasteiger partial charge in [0.15, 0.2) is 0 Å². The first-order valence-corrected chi connectivity index (χ1v) is 13.7. The number of hydrogen-bond acceptors (Lipinski definition) is 5. The van der Waals surface area contributed by atoms with Gasteiger partial charge in [0.1, 0.15) is 18.5 Å². The number of aromatic nitrogens is 1. The Morgan fingerprint density at radius 3 is 2.00 bits per heavy atom. The molecular weight excluding hydrogens is 603 g/mol. The Morgan fingerprint density at radius 1 is 0.786 bits per heavy atom. The molecule has 4 aromatic rings. The van der Waals surface area contributed by atoms with E-state index in [9.17, 15) is 13.9 Å². The standard InChI is InChI=1S/C32H31F2N3O2.3ClH/c33-32(34)29-22-7-1-3-9-24(22)31(25-10-4-2-8-23(25)30(29)32)37-17-15-36(16-18-37)19-21(38)20-39-28-13-5-12-27-26(28)11-6-14-35-27;;;/h1-14,21,29-31,38H,15-20H2;3*1H/t21?,29-,30?,31?;;;/m0.../s1. The van der Waals surface area contributed by atoms with Gasteiger partial charge in [0.25, 0.3) is 5.92 Å². The lowest BCUT2D eigenvalue weighted by Crippen LogP contribution is -2.50. The summed E-state index contributed by atoms with van der Waals surface area (Å²) < 4.78 is 35.9. The molecule has 1 saturated heterocycles. The fourth-order valence-corrected chi connectivity index (χ4v) is 6.69. The third-order valence-corrected chi connectivity index (χ3v) is 8.58. The molecule has 0 spiro atoms. The predicted molar refractivity (Wildman–Crippen MR) is 168 cm³/mol. The lowest BCUT2D eigenvalue weighted by molar-refractivity contribution is 0.0400. The molecule has 3 aromatic carbocycles. The molecule has 4 atom stereocenters. The third kappa shape index (κ3) is 5.71. The van der Waals surface area contributed by atoms with Gasteiger partial charge in [-0.05, 0) is 46.5 Å². The van der Waals surface area contributed by atoms with E-state index in [4.69, 9.17) is 4.74 Å². The van der Waals surface area contributed by atoms with Crippen molar-refractivity contribution in [2.75, 3.05) is 39.3 Å². The minimum absolute atomic E-state index is 0. The van der Waals surface area contributed by atoms with E-state index in [0.29, 0.717) is 6.54 Å². The van der Waals surface area contributed by atoms with E-state index in [1.807, 2.05) is 78.9 Å². The van der Waals surface area contributed by atoms with Crippen LogP contribution in [0.3, 0.4) is 0 Å². The minimum atomic E-state index is -2.70. The van der Waals surface area contributed by atoms with Crippen molar-refractivity contribution in [3.05, 3.63) is 107 Å². The summed E-state index contributed by atoms with van der Waals surface area (Å²) in [5.74, 6) is -3.46. The molecule has 3 unspecified atom stereocenters. The first kappa shape index (κ1) is 32.4. The molecule has 0 bridgehead atoms. The molecular formula is C32H34Cl3F2N3O2. The zero-order chi connectivity index (χ0) is 26.6. The summed E-state index contributed by atoms with van der Waals surface area (Å²) in [7, 11) is 0. The number of aliphatic hydroxyl groups is 1. The Balaban J connectivity index is 0.00000135. The zero-order valence-corrected chi connectivity index (χ0v) is 25.3. The molecule has 3 aliphatic rings. The molecule has 1 saturated carbocycles. The Morgan fingerprint density at radius 2 is 1.38 bits per heavy atom. The fraction of sp³-hybridized carbons (Fsp3) is 0.344. The number of piperazine rings is 1. The van der Waals surface area contributed by atoms with E-state index in [2.05, 4.69) is 14.8 Å². The van der Waals surface area contributed by atoms with Gasteiger partial charge in [0.2, 0.25) is 0 Å². The summed E-state index contributed by atoms with van der Waals surface area (Å²) in [5.41, 5.74) is 4.44. The maximum absolute atomic E-state index is 15.0. The molecule has 42 heavy (non-hydrogen) atoms. The van der Waals surface area contributed by atoms with Gasteiger partial charge in [-0.2, -0.15) is 0 Å². The summed E-state index contributed by atoms with van der Waals surface area (Å²) >= 11 is 0. The molecule has 2 fully saturated rings. The fourth-order valence-electron chi connectivity index (χ4n) is 6.69. The van der Waals surface area contributed by atoms with Gasteiger partial charge in [-0.3, -0.25) is 14.8 Å². The van der Waals surface area contributed by atoms with Crippen LogP contribution in [0.1, 0.15) is 40.1 Å². The van der Waals surface area contributed by atoms with E-state index >= 15 is 0 Å². The van der Waals surface area contributed by atoms with Crippen molar-refractivity contribution in [2.24, 2.45) is 0 Å². The number of alkyl halides is 2. The van der Waals surface area contributed by atoms with Crippen LogP contribution in [-0.4, -0.2) is 71.2 Å². The number of aliphatic hydroxyl groups excluding tert-OH is 1. The second kappa shape index (κ2) is 13.0. The largest absolute Gasteiger partial charge is 0.490 e. The van der Waals surface area contributed by atoms with Gasteiger partial charge in [0, 0.05) is 44.3 Å². The summed E-state index contributed by atoms with van der Waals surface area (Å²) in [6.45, 7) is 3.89. The van der Waals surface area contributed by atoms with Crippen LogP contribution in [-0.2, 0) is 0 Å². The van der Waals surface area contributed by atoms with Crippen LogP contribution in [0.2, 0.25) is 0 Å². The van der Waals surface area contributed by atoms with E-state index in [1.54, 1.807) is 6.20 Å². The smallest absolute Gasteiger partial charge is 0.263 e.